The second kappa shape index (κ2) is 10.1. The van der Waals surface area contributed by atoms with Crippen LogP contribution in [0, 0.1) is 24.2 Å². The smallest absolute Gasteiger partial charge is 0.335 e. The summed E-state index contributed by atoms with van der Waals surface area (Å²) < 4.78 is 5.99. The van der Waals surface area contributed by atoms with Gasteiger partial charge in [0.15, 0.2) is 6.73 Å². The van der Waals surface area contributed by atoms with Crippen molar-refractivity contribution >= 4 is 11.9 Å². The molecule has 0 spiro atoms. The van der Waals surface area contributed by atoms with Crippen LogP contribution in [0.15, 0.2) is 42.5 Å². The van der Waals surface area contributed by atoms with Crippen LogP contribution in [0.5, 0.6) is 5.75 Å². The number of benzene rings is 2. The first kappa shape index (κ1) is 25.8. The Morgan fingerprint density at radius 1 is 1.14 bits per heavy atom. The maximum Gasteiger partial charge on any atom is 0.335 e. The molecule has 0 aromatic heterocycles. The lowest BCUT2D eigenvalue weighted by Crippen LogP contribution is -2.49. The lowest BCUT2D eigenvalue weighted by molar-refractivity contribution is -0.150. The van der Waals surface area contributed by atoms with Crippen molar-refractivity contribution in [3.05, 3.63) is 64.7 Å². The highest BCUT2D eigenvalue weighted by atomic mass is 16.5. The van der Waals surface area contributed by atoms with Crippen molar-refractivity contribution in [2.24, 2.45) is 17.3 Å². The molecule has 2 aromatic carbocycles. The van der Waals surface area contributed by atoms with Gasteiger partial charge < -0.3 is 19.6 Å². The molecule has 2 aromatic rings. The van der Waals surface area contributed by atoms with Gasteiger partial charge in [0.1, 0.15) is 5.75 Å². The number of carboxylic acids is 1. The fourth-order valence-electron chi connectivity index (χ4n) is 7.05. The second-order valence-corrected chi connectivity index (χ2v) is 11.9. The Labute approximate surface area is 220 Å². The maximum absolute atomic E-state index is 14.1. The Kier molecular flexibility index (Phi) is 7.06. The number of ether oxygens (including phenoxy) is 1. The predicted octanol–water partition coefficient (Wildman–Crippen LogP) is 5.69. The fraction of sp³-hybridized carbons (Fsp3) is 0.548. The van der Waals surface area contributed by atoms with E-state index in [9.17, 15) is 14.7 Å². The molecule has 5 rings (SSSR count). The third kappa shape index (κ3) is 4.88. The van der Waals surface area contributed by atoms with Gasteiger partial charge in [0.2, 0.25) is 5.91 Å². The topological polar surface area (TPSA) is 70.1 Å². The van der Waals surface area contributed by atoms with Gasteiger partial charge in [0.25, 0.3) is 0 Å². The summed E-state index contributed by atoms with van der Waals surface area (Å²) in [5.41, 5.74) is 3.42. The number of nitrogens with zero attached hydrogens (tertiary/aromatic N) is 2. The van der Waals surface area contributed by atoms with Crippen molar-refractivity contribution in [2.45, 2.75) is 71.9 Å². The van der Waals surface area contributed by atoms with Crippen molar-refractivity contribution < 1.29 is 19.4 Å². The molecule has 0 unspecified atom stereocenters. The molecule has 1 saturated heterocycles. The van der Waals surface area contributed by atoms with Gasteiger partial charge in [-0.15, -0.1) is 0 Å². The summed E-state index contributed by atoms with van der Waals surface area (Å²) in [6.45, 7) is 11.7. The molecule has 2 fully saturated rings. The summed E-state index contributed by atoms with van der Waals surface area (Å²) >= 11 is 0. The third-order valence-corrected chi connectivity index (χ3v) is 9.31. The maximum atomic E-state index is 14.1. The minimum atomic E-state index is -0.870. The molecule has 2 aliphatic heterocycles. The molecule has 0 radical (unpaired) electrons. The largest absolute Gasteiger partial charge is 0.478 e. The molecule has 198 valence electrons. The quantitative estimate of drug-likeness (QED) is 0.566. The van der Waals surface area contributed by atoms with Crippen LogP contribution < -0.4 is 4.74 Å². The molecule has 1 saturated carbocycles. The Bertz CT molecular complexity index is 1180. The van der Waals surface area contributed by atoms with Crippen LogP contribution in [0.3, 0.4) is 0 Å². The number of aryl methyl sites for hydroxylation is 1. The van der Waals surface area contributed by atoms with Gasteiger partial charge >= 0.3 is 5.97 Å². The monoisotopic (exact) mass is 504 g/mol. The van der Waals surface area contributed by atoms with E-state index >= 15 is 0 Å². The number of rotatable bonds is 5. The Hall–Kier alpha value is -2.86. The number of amides is 1. The SMILES string of the molecule is Cc1ccc2c(c1)CN(C(=O)[C@@]1(C(C)C)CC[C@@H](N3CC[C@H](c4cccc(C(=O)O)c4)[C@@H](C)C3)C1)CO2. The minimum absolute atomic E-state index is 0.241. The molecular weight excluding hydrogens is 464 g/mol. The van der Waals surface area contributed by atoms with Crippen LogP contribution in [0.25, 0.3) is 0 Å². The van der Waals surface area contributed by atoms with Crippen molar-refractivity contribution in [3.63, 3.8) is 0 Å². The van der Waals surface area contributed by atoms with Crippen LogP contribution in [0.4, 0.5) is 0 Å². The number of hydrogen-bond acceptors (Lipinski definition) is 4. The predicted molar refractivity (Wildman–Crippen MR) is 144 cm³/mol. The van der Waals surface area contributed by atoms with Gasteiger partial charge in [-0.2, -0.15) is 0 Å². The first-order chi connectivity index (χ1) is 17.7. The van der Waals surface area contributed by atoms with Crippen LogP contribution in [0.2, 0.25) is 0 Å². The molecule has 3 aliphatic rings. The number of piperidine rings is 1. The van der Waals surface area contributed by atoms with Crippen molar-refractivity contribution in [3.8, 4) is 5.75 Å². The summed E-state index contributed by atoms with van der Waals surface area (Å²) in [6, 6.07) is 14.0. The van der Waals surface area contributed by atoms with E-state index in [0.717, 1.165) is 55.6 Å². The molecule has 37 heavy (non-hydrogen) atoms. The molecule has 0 bridgehead atoms. The van der Waals surface area contributed by atoms with Gasteiger partial charge in [-0.25, -0.2) is 4.79 Å². The molecular formula is C31H40N2O4. The fourth-order valence-corrected chi connectivity index (χ4v) is 7.05. The first-order valence-electron chi connectivity index (χ1n) is 13.8. The minimum Gasteiger partial charge on any atom is -0.478 e. The van der Waals surface area contributed by atoms with Gasteiger partial charge in [0, 0.05) is 18.2 Å². The number of carbonyl (C=O) groups is 2. The van der Waals surface area contributed by atoms with Crippen LogP contribution in [0.1, 0.15) is 79.4 Å². The van der Waals surface area contributed by atoms with Gasteiger partial charge in [-0.3, -0.25) is 4.79 Å². The summed E-state index contributed by atoms with van der Waals surface area (Å²) in [6.07, 6.45) is 3.87. The second-order valence-electron chi connectivity index (χ2n) is 11.9. The zero-order valence-electron chi connectivity index (χ0n) is 22.6. The highest BCUT2D eigenvalue weighted by molar-refractivity contribution is 5.87. The molecule has 4 atom stereocenters. The number of likely N-dealkylation sites (tertiary alicyclic amines) is 1. The summed E-state index contributed by atoms with van der Waals surface area (Å²) in [4.78, 5) is 30.0. The zero-order chi connectivity index (χ0) is 26.3. The summed E-state index contributed by atoms with van der Waals surface area (Å²) in [7, 11) is 0. The van der Waals surface area contributed by atoms with E-state index in [1.54, 1.807) is 6.07 Å². The van der Waals surface area contributed by atoms with Crippen molar-refractivity contribution in [2.75, 3.05) is 19.8 Å². The highest BCUT2D eigenvalue weighted by Gasteiger charge is 2.51. The number of fused-ring (bicyclic) bond motifs is 1. The van der Waals surface area contributed by atoms with Crippen LogP contribution >= 0.6 is 0 Å². The van der Waals surface area contributed by atoms with E-state index in [1.165, 1.54) is 5.56 Å². The molecule has 2 heterocycles. The van der Waals surface area contributed by atoms with E-state index in [2.05, 4.69) is 50.8 Å². The summed E-state index contributed by atoms with van der Waals surface area (Å²) in [5.74, 6) is 1.32. The molecule has 1 aliphatic carbocycles. The van der Waals surface area contributed by atoms with Crippen LogP contribution in [-0.4, -0.2) is 52.6 Å². The summed E-state index contributed by atoms with van der Waals surface area (Å²) in [5, 5.41) is 9.41. The third-order valence-electron chi connectivity index (χ3n) is 9.31. The normalized spacial score (nSPS) is 28.1. The van der Waals surface area contributed by atoms with Gasteiger partial charge in [0.05, 0.1) is 17.5 Å². The first-order valence-corrected chi connectivity index (χ1v) is 13.8. The Morgan fingerprint density at radius 2 is 1.95 bits per heavy atom. The van der Waals surface area contributed by atoms with Crippen molar-refractivity contribution in [1.82, 2.24) is 9.80 Å². The number of aromatic carboxylic acids is 1. The average Bonchev–Trinajstić information content (AvgIpc) is 3.35. The van der Waals surface area contributed by atoms with Gasteiger partial charge in [-0.1, -0.05) is 50.6 Å². The highest BCUT2D eigenvalue weighted by Crippen LogP contribution is 2.49. The molecule has 1 N–H and O–H groups in total. The van der Waals surface area contributed by atoms with Crippen LogP contribution in [-0.2, 0) is 11.3 Å². The Morgan fingerprint density at radius 3 is 2.68 bits per heavy atom. The molecule has 6 nitrogen and oxygen atoms in total. The van der Waals surface area contributed by atoms with E-state index < -0.39 is 5.97 Å². The molecule has 1 amide bonds. The zero-order valence-corrected chi connectivity index (χ0v) is 22.6. The van der Waals surface area contributed by atoms with Crippen molar-refractivity contribution in [1.29, 1.82) is 0 Å². The number of carboxylic acid groups (broad SMARTS) is 1. The lowest BCUT2D eigenvalue weighted by Gasteiger charge is -2.42. The van der Waals surface area contributed by atoms with E-state index in [-0.39, 0.29) is 17.2 Å². The van der Waals surface area contributed by atoms with Gasteiger partial charge in [-0.05, 0) is 80.7 Å². The Balaban J connectivity index is 1.27. The standard InChI is InChI=1S/C31H40N2O4/c1-20(2)31(30(36)33-18-25-14-21(3)8-9-28(25)37-19-33)12-10-26(16-31)32-13-11-27(22(4)17-32)23-6-5-7-24(15-23)29(34)35/h5-9,14-15,20,22,26-27H,10-13,16-19H2,1-4H3,(H,34,35)/t22-,26+,27-,31-/m0/s1. The number of carbonyl (C=O) groups excluding carboxylic acids is 1. The van der Waals surface area contributed by atoms with E-state index in [4.69, 9.17) is 4.74 Å². The average molecular weight is 505 g/mol. The van der Waals surface area contributed by atoms with E-state index in [1.807, 2.05) is 23.1 Å². The lowest BCUT2D eigenvalue weighted by atomic mass is 9.74. The number of hydrogen-bond donors (Lipinski definition) is 1. The molecule has 6 heteroatoms. The van der Waals surface area contributed by atoms with E-state index in [0.29, 0.717) is 36.7 Å².